The largest absolute Gasteiger partial charge is 0.242 e. The molecule has 122 valence electrons. The summed E-state index contributed by atoms with van der Waals surface area (Å²) in [6.45, 7) is 6.16. The molecule has 0 saturated carbocycles. The van der Waals surface area contributed by atoms with Gasteiger partial charge in [0.2, 0.25) is 10.0 Å². The molecule has 0 bridgehead atoms. The van der Waals surface area contributed by atoms with Gasteiger partial charge in [-0.2, -0.15) is 0 Å². The fraction of sp³-hybridized carbons (Fsp3) is 0.263. The second-order valence-electron chi connectivity index (χ2n) is 5.73. The predicted molar refractivity (Wildman–Crippen MR) is 95.0 cm³/mol. The van der Waals surface area contributed by atoms with Crippen LogP contribution >= 0.6 is 0 Å². The van der Waals surface area contributed by atoms with E-state index < -0.39 is 10.0 Å². The molecule has 0 spiro atoms. The maximum atomic E-state index is 12.7. The van der Waals surface area contributed by atoms with Gasteiger partial charge in [0, 0.05) is 19.5 Å². The van der Waals surface area contributed by atoms with E-state index in [1.807, 2.05) is 55.5 Å². The minimum atomic E-state index is -3.48. The zero-order valence-corrected chi connectivity index (χ0v) is 14.5. The summed E-state index contributed by atoms with van der Waals surface area (Å²) in [5, 5.41) is 0. The molecule has 0 N–H and O–H groups in total. The molecule has 0 radical (unpaired) electrons. The van der Waals surface area contributed by atoms with Crippen molar-refractivity contribution in [2.24, 2.45) is 0 Å². The lowest BCUT2D eigenvalue weighted by Crippen LogP contribution is -2.31. The molecule has 2 aromatic carbocycles. The van der Waals surface area contributed by atoms with Gasteiger partial charge < -0.3 is 0 Å². The normalized spacial score (nSPS) is 13.0. The van der Waals surface area contributed by atoms with Crippen LogP contribution in [0.15, 0.2) is 72.1 Å². The number of rotatable bonds is 7. The summed E-state index contributed by atoms with van der Waals surface area (Å²) in [6.07, 6.45) is 2.57. The van der Waals surface area contributed by atoms with Crippen molar-refractivity contribution in [1.29, 1.82) is 0 Å². The first kappa shape index (κ1) is 17.4. The average Bonchev–Trinajstić information content (AvgIpc) is 2.55. The van der Waals surface area contributed by atoms with Crippen molar-refractivity contribution in [3.63, 3.8) is 0 Å². The van der Waals surface area contributed by atoms with Gasteiger partial charge in [0.15, 0.2) is 0 Å². The second-order valence-corrected chi connectivity index (χ2v) is 7.78. The van der Waals surface area contributed by atoms with E-state index in [0.717, 1.165) is 17.5 Å². The number of hydrogen-bond acceptors (Lipinski definition) is 2. The highest BCUT2D eigenvalue weighted by atomic mass is 32.2. The topological polar surface area (TPSA) is 37.4 Å². The Morgan fingerprint density at radius 2 is 1.70 bits per heavy atom. The van der Waals surface area contributed by atoms with Crippen LogP contribution in [0.2, 0.25) is 0 Å². The smallest absolute Gasteiger partial charge is 0.207 e. The Kier molecular flexibility index (Phi) is 5.74. The van der Waals surface area contributed by atoms with Crippen molar-refractivity contribution in [2.75, 3.05) is 13.6 Å². The van der Waals surface area contributed by atoms with Crippen LogP contribution in [0, 0.1) is 6.92 Å². The Morgan fingerprint density at radius 1 is 1.09 bits per heavy atom. The van der Waals surface area contributed by atoms with E-state index in [-0.39, 0.29) is 5.92 Å². The SMILES string of the molecule is C=CCC(CN(C)S(=O)(=O)c1ccc(C)cc1)c1ccccc1. The number of nitrogens with zero attached hydrogens (tertiary/aromatic N) is 1. The Labute approximate surface area is 139 Å². The molecule has 23 heavy (non-hydrogen) atoms. The third-order valence-corrected chi connectivity index (χ3v) is 5.77. The highest BCUT2D eigenvalue weighted by Gasteiger charge is 2.24. The van der Waals surface area contributed by atoms with Crippen molar-refractivity contribution in [3.05, 3.63) is 78.4 Å². The number of sulfonamides is 1. The molecular weight excluding hydrogens is 306 g/mol. The fourth-order valence-corrected chi connectivity index (χ4v) is 3.76. The van der Waals surface area contributed by atoms with Crippen LogP contribution in [0.5, 0.6) is 0 Å². The molecule has 1 unspecified atom stereocenters. The van der Waals surface area contributed by atoms with Gasteiger partial charge in [-0.15, -0.1) is 6.58 Å². The standard InChI is InChI=1S/C19H23NO2S/c1-4-8-18(17-9-6-5-7-10-17)15-20(3)23(21,22)19-13-11-16(2)12-14-19/h4-7,9-14,18H,1,8,15H2,2-3H3. The molecule has 0 aliphatic rings. The first-order chi connectivity index (χ1) is 10.9. The van der Waals surface area contributed by atoms with Crippen molar-refractivity contribution in [3.8, 4) is 0 Å². The lowest BCUT2D eigenvalue weighted by molar-refractivity contribution is 0.436. The van der Waals surface area contributed by atoms with E-state index in [0.29, 0.717) is 11.4 Å². The molecule has 1 atom stereocenters. The molecule has 2 aromatic rings. The van der Waals surface area contributed by atoms with E-state index in [2.05, 4.69) is 6.58 Å². The summed E-state index contributed by atoms with van der Waals surface area (Å²) in [4.78, 5) is 0.330. The lowest BCUT2D eigenvalue weighted by atomic mass is 9.96. The lowest BCUT2D eigenvalue weighted by Gasteiger charge is -2.23. The molecule has 0 aromatic heterocycles. The molecule has 0 amide bonds. The van der Waals surface area contributed by atoms with E-state index in [4.69, 9.17) is 0 Å². The maximum Gasteiger partial charge on any atom is 0.242 e. The van der Waals surface area contributed by atoms with E-state index in [1.165, 1.54) is 4.31 Å². The molecule has 0 saturated heterocycles. The van der Waals surface area contributed by atoms with Crippen molar-refractivity contribution < 1.29 is 8.42 Å². The molecular formula is C19H23NO2S. The van der Waals surface area contributed by atoms with Gasteiger partial charge in [-0.1, -0.05) is 54.1 Å². The Balaban J connectivity index is 2.22. The molecule has 2 rings (SSSR count). The van der Waals surface area contributed by atoms with Gasteiger partial charge in [-0.3, -0.25) is 0 Å². The van der Waals surface area contributed by atoms with E-state index in [1.54, 1.807) is 19.2 Å². The number of benzene rings is 2. The number of likely N-dealkylation sites (N-methyl/N-ethyl adjacent to an activating group) is 1. The zero-order valence-electron chi connectivity index (χ0n) is 13.6. The molecule has 0 fully saturated rings. The van der Waals surface area contributed by atoms with E-state index >= 15 is 0 Å². The van der Waals surface area contributed by atoms with Crippen LogP contribution in [0.1, 0.15) is 23.5 Å². The van der Waals surface area contributed by atoms with Crippen molar-refractivity contribution in [1.82, 2.24) is 4.31 Å². The van der Waals surface area contributed by atoms with Gasteiger partial charge in [-0.05, 0) is 31.0 Å². The maximum absolute atomic E-state index is 12.7. The number of aryl methyl sites for hydroxylation is 1. The number of allylic oxidation sites excluding steroid dienone is 1. The Morgan fingerprint density at radius 3 is 2.26 bits per heavy atom. The minimum absolute atomic E-state index is 0.0962. The summed E-state index contributed by atoms with van der Waals surface area (Å²) >= 11 is 0. The summed E-state index contributed by atoms with van der Waals surface area (Å²) in [5.41, 5.74) is 2.17. The highest BCUT2D eigenvalue weighted by molar-refractivity contribution is 7.89. The first-order valence-corrected chi connectivity index (χ1v) is 9.08. The third kappa shape index (κ3) is 4.30. The second kappa shape index (κ2) is 7.57. The minimum Gasteiger partial charge on any atom is -0.207 e. The van der Waals surface area contributed by atoms with Gasteiger partial charge >= 0.3 is 0 Å². The average molecular weight is 329 g/mol. The summed E-state index contributed by atoms with van der Waals surface area (Å²) in [5.74, 6) is 0.0962. The monoisotopic (exact) mass is 329 g/mol. The molecule has 4 heteroatoms. The van der Waals surface area contributed by atoms with Crippen LogP contribution in [0.25, 0.3) is 0 Å². The summed E-state index contributed by atoms with van der Waals surface area (Å²) < 4.78 is 26.9. The Bertz CT molecular complexity index is 737. The van der Waals surface area contributed by atoms with E-state index in [9.17, 15) is 8.42 Å². The third-order valence-electron chi connectivity index (χ3n) is 3.93. The predicted octanol–water partition coefficient (Wildman–Crippen LogP) is 3.98. The van der Waals surface area contributed by atoms with Crippen LogP contribution in [0.4, 0.5) is 0 Å². The van der Waals surface area contributed by atoms with Crippen molar-refractivity contribution >= 4 is 10.0 Å². The van der Waals surface area contributed by atoms with Gasteiger partial charge in [0.1, 0.15) is 0 Å². The fourth-order valence-electron chi connectivity index (χ4n) is 2.54. The number of hydrogen-bond donors (Lipinski definition) is 0. The van der Waals surface area contributed by atoms with Gasteiger partial charge in [-0.25, -0.2) is 12.7 Å². The molecule has 0 aliphatic heterocycles. The molecule has 0 heterocycles. The van der Waals surface area contributed by atoms with Gasteiger partial charge in [0.25, 0.3) is 0 Å². The molecule has 0 aliphatic carbocycles. The van der Waals surface area contributed by atoms with Crippen LogP contribution < -0.4 is 0 Å². The van der Waals surface area contributed by atoms with Crippen molar-refractivity contribution in [2.45, 2.75) is 24.2 Å². The highest BCUT2D eigenvalue weighted by Crippen LogP contribution is 2.24. The van der Waals surface area contributed by atoms with Crippen LogP contribution in [-0.4, -0.2) is 26.3 Å². The molecule has 3 nitrogen and oxygen atoms in total. The van der Waals surface area contributed by atoms with Gasteiger partial charge in [0.05, 0.1) is 4.90 Å². The van der Waals surface area contributed by atoms with Crippen LogP contribution in [-0.2, 0) is 10.0 Å². The summed E-state index contributed by atoms with van der Waals surface area (Å²) in [6, 6.07) is 16.9. The zero-order chi connectivity index (χ0) is 16.9. The summed E-state index contributed by atoms with van der Waals surface area (Å²) in [7, 11) is -1.84. The van der Waals surface area contributed by atoms with Crippen LogP contribution in [0.3, 0.4) is 0 Å². The Hall–Kier alpha value is -1.91. The quantitative estimate of drug-likeness (QED) is 0.721. The first-order valence-electron chi connectivity index (χ1n) is 7.64.